The Morgan fingerprint density at radius 2 is 1.86 bits per heavy atom. The van der Waals surface area contributed by atoms with Gasteiger partial charge in [0.15, 0.2) is 0 Å². The predicted molar refractivity (Wildman–Crippen MR) is 83.8 cm³/mol. The first-order valence-corrected chi connectivity index (χ1v) is 8.46. The molecule has 5 heteroatoms. The maximum absolute atomic E-state index is 12.5. The lowest BCUT2D eigenvalue weighted by Gasteiger charge is -2.25. The summed E-state index contributed by atoms with van der Waals surface area (Å²) in [7, 11) is -3.90. The van der Waals surface area contributed by atoms with Crippen molar-refractivity contribution in [2.24, 2.45) is 0 Å². The molecule has 0 unspecified atom stereocenters. The van der Waals surface area contributed by atoms with E-state index in [2.05, 4.69) is 6.07 Å². The van der Waals surface area contributed by atoms with Crippen LogP contribution in [0.2, 0.25) is 0 Å². The van der Waals surface area contributed by atoms with Gasteiger partial charge in [-0.2, -0.15) is 0 Å². The molecule has 0 bridgehead atoms. The molecule has 2 aromatic carbocycles. The molecule has 0 aromatic heterocycles. The van der Waals surface area contributed by atoms with Gasteiger partial charge in [-0.25, -0.2) is 8.42 Å². The Labute approximate surface area is 131 Å². The third-order valence-electron chi connectivity index (χ3n) is 3.97. The van der Waals surface area contributed by atoms with Crippen LogP contribution < -0.4 is 0 Å². The molecule has 2 aromatic rings. The molecule has 0 heterocycles. The largest absolute Gasteiger partial charge is 0.508 e. The monoisotopic (exact) mass is 319 g/mol. The lowest BCUT2D eigenvalue weighted by Crippen LogP contribution is -2.16. The number of benzene rings is 2. The van der Waals surface area contributed by atoms with Crippen molar-refractivity contribution < 1.29 is 18.6 Å². The zero-order chi connectivity index (χ0) is 16.5. The Morgan fingerprint density at radius 1 is 1.18 bits per heavy atom. The molecule has 4 nitrogen and oxygen atoms in total. The van der Waals surface area contributed by atoms with Gasteiger partial charge in [-0.1, -0.05) is 32.9 Å². The fourth-order valence-corrected chi connectivity index (χ4v) is 3.51. The van der Waals surface area contributed by atoms with Crippen LogP contribution in [0.5, 0.6) is 11.5 Å². The normalized spacial score (nSPS) is 12.3. The molecule has 117 valence electrons. The Hall–Kier alpha value is -2.01. The summed E-state index contributed by atoms with van der Waals surface area (Å²) in [6.07, 6.45) is 0.736. The quantitative estimate of drug-likeness (QED) is 0.847. The molecule has 0 aliphatic carbocycles. The fourth-order valence-electron chi connectivity index (χ4n) is 2.18. The van der Waals surface area contributed by atoms with Gasteiger partial charge in [0.1, 0.15) is 16.4 Å². The highest BCUT2D eigenvalue weighted by Gasteiger charge is 2.28. The van der Waals surface area contributed by atoms with Crippen LogP contribution in [0.15, 0.2) is 46.2 Å². The SMILES string of the molecule is CCC(C)(C)c1cc(O)c(S(=O)(=O)c2c[c]ccc2)cc1O. The lowest BCUT2D eigenvalue weighted by atomic mass is 9.81. The van der Waals surface area contributed by atoms with Crippen molar-refractivity contribution >= 4 is 9.84 Å². The zero-order valence-electron chi connectivity index (χ0n) is 12.8. The molecule has 0 fully saturated rings. The van der Waals surface area contributed by atoms with Crippen LogP contribution in [0, 0.1) is 6.07 Å². The topological polar surface area (TPSA) is 74.6 Å². The minimum absolute atomic E-state index is 0.0206. The minimum atomic E-state index is -3.90. The van der Waals surface area contributed by atoms with Crippen molar-refractivity contribution in [2.75, 3.05) is 0 Å². The Balaban J connectivity index is 2.62. The van der Waals surface area contributed by atoms with Gasteiger partial charge in [0, 0.05) is 11.6 Å². The van der Waals surface area contributed by atoms with Gasteiger partial charge < -0.3 is 10.2 Å². The predicted octanol–water partition coefficient (Wildman–Crippen LogP) is 3.42. The van der Waals surface area contributed by atoms with Gasteiger partial charge in [-0.05, 0) is 36.1 Å². The molecule has 2 rings (SSSR count). The summed E-state index contributed by atoms with van der Waals surface area (Å²) in [6.45, 7) is 5.80. The maximum atomic E-state index is 12.5. The number of phenolic OH excluding ortho intramolecular Hbond substituents is 2. The number of hydrogen-bond acceptors (Lipinski definition) is 4. The van der Waals surface area contributed by atoms with Gasteiger partial charge in [-0.15, -0.1) is 0 Å². The average Bonchev–Trinajstić information content (AvgIpc) is 2.49. The molecule has 0 amide bonds. The van der Waals surface area contributed by atoms with Gasteiger partial charge in [-0.3, -0.25) is 0 Å². The van der Waals surface area contributed by atoms with Crippen LogP contribution in [0.4, 0.5) is 0 Å². The molecule has 0 saturated heterocycles. The van der Waals surface area contributed by atoms with E-state index in [-0.39, 0.29) is 26.7 Å². The van der Waals surface area contributed by atoms with E-state index in [1.807, 2.05) is 20.8 Å². The second kappa shape index (κ2) is 5.65. The Bertz CT molecular complexity index is 778. The lowest BCUT2D eigenvalue weighted by molar-refractivity contribution is 0.412. The van der Waals surface area contributed by atoms with Crippen molar-refractivity contribution in [2.45, 2.75) is 42.4 Å². The highest BCUT2D eigenvalue weighted by atomic mass is 32.2. The third kappa shape index (κ3) is 2.81. The van der Waals surface area contributed by atoms with E-state index in [0.29, 0.717) is 5.56 Å². The number of sulfone groups is 1. The maximum Gasteiger partial charge on any atom is 0.210 e. The van der Waals surface area contributed by atoms with E-state index in [0.717, 1.165) is 12.5 Å². The average molecular weight is 319 g/mol. The van der Waals surface area contributed by atoms with Crippen LogP contribution in [0.25, 0.3) is 0 Å². The standard InChI is InChI=1S/C17H19O4S/c1-4-17(2,3)13-10-15(19)16(11-14(13)18)22(20,21)12-8-6-5-7-9-12/h5-6,8-11,18-19H,4H2,1-3H3. The van der Waals surface area contributed by atoms with Crippen LogP contribution in [-0.2, 0) is 15.3 Å². The summed E-state index contributed by atoms with van der Waals surface area (Å²) in [5.74, 6) is -0.499. The molecule has 0 aliphatic heterocycles. The van der Waals surface area contributed by atoms with E-state index < -0.39 is 9.84 Å². The second-order valence-electron chi connectivity index (χ2n) is 5.82. The van der Waals surface area contributed by atoms with Gasteiger partial charge in [0.05, 0.1) is 4.90 Å². The van der Waals surface area contributed by atoms with Crippen molar-refractivity contribution in [3.05, 3.63) is 48.0 Å². The summed E-state index contributed by atoms with van der Waals surface area (Å²) in [5.41, 5.74) is 0.149. The Morgan fingerprint density at radius 3 is 2.41 bits per heavy atom. The zero-order valence-corrected chi connectivity index (χ0v) is 13.6. The summed E-state index contributed by atoms with van der Waals surface area (Å²) < 4.78 is 25.1. The first-order chi connectivity index (χ1) is 10.2. The van der Waals surface area contributed by atoms with E-state index in [9.17, 15) is 18.6 Å². The summed E-state index contributed by atoms with van der Waals surface area (Å²) in [6, 6.07) is 11.0. The first-order valence-electron chi connectivity index (χ1n) is 6.98. The highest BCUT2D eigenvalue weighted by Crippen LogP contribution is 2.40. The van der Waals surface area contributed by atoms with E-state index in [1.54, 1.807) is 12.1 Å². The van der Waals surface area contributed by atoms with Crippen molar-refractivity contribution in [3.63, 3.8) is 0 Å². The van der Waals surface area contributed by atoms with Gasteiger partial charge in [0.2, 0.25) is 9.84 Å². The third-order valence-corrected chi connectivity index (χ3v) is 5.75. The Kier molecular flexibility index (Phi) is 4.20. The highest BCUT2D eigenvalue weighted by molar-refractivity contribution is 7.91. The summed E-state index contributed by atoms with van der Waals surface area (Å²) >= 11 is 0. The van der Waals surface area contributed by atoms with E-state index in [1.165, 1.54) is 18.2 Å². The number of phenols is 2. The van der Waals surface area contributed by atoms with Crippen LogP contribution in [0.1, 0.15) is 32.8 Å². The molecule has 2 N–H and O–H groups in total. The second-order valence-corrected chi connectivity index (χ2v) is 7.74. The van der Waals surface area contributed by atoms with E-state index >= 15 is 0 Å². The van der Waals surface area contributed by atoms with Crippen LogP contribution in [-0.4, -0.2) is 18.6 Å². The molecule has 1 radical (unpaired) electrons. The molecule has 0 aliphatic rings. The molecular weight excluding hydrogens is 300 g/mol. The van der Waals surface area contributed by atoms with E-state index in [4.69, 9.17) is 0 Å². The summed E-state index contributed by atoms with van der Waals surface area (Å²) in [4.78, 5) is -0.285. The number of rotatable bonds is 4. The van der Waals surface area contributed by atoms with Gasteiger partial charge >= 0.3 is 0 Å². The smallest absolute Gasteiger partial charge is 0.210 e. The number of hydrogen-bond donors (Lipinski definition) is 2. The molecule has 0 atom stereocenters. The minimum Gasteiger partial charge on any atom is -0.508 e. The summed E-state index contributed by atoms with van der Waals surface area (Å²) in [5, 5.41) is 20.4. The van der Waals surface area contributed by atoms with Crippen LogP contribution >= 0.6 is 0 Å². The molecule has 0 saturated carbocycles. The first kappa shape index (κ1) is 16.4. The molecule has 22 heavy (non-hydrogen) atoms. The van der Waals surface area contributed by atoms with Crippen LogP contribution in [0.3, 0.4) is 0 Å². The fraction of sp³-hybridized carbons (Fsp3) is 0.294. The van der Waals surface area contributed by atoms with Crippen molar-refractivity contribution in [3.8, 4) is 11.5 Å². The van der Waals surface area contributed by atoms with Crippen molar-refractivity contribution in [1.29, 1.82) is 0 Å². The van der Waals surface area contributed by atoms with Crippen molar-refractivity contribution in [1.82, 2.24) is 0 Å². The molecule has 0 spiro atoms. The number of aromatic hydroxyl groups is 2. The molecular formula is C17H19O4S. The van der Waals surface area contributed by atoms with Gasteiger partial charge in [0.25, 0.3) is 0 Å².